The minimum atomic E-state index is 0.806. The first-order chi connectivity index (χ1) is 12.8. The van der Waals surface area contributed by atoms with E-state index in [4.69, 9.17) is 24.4 Å². The molecule has 0 N–H and O–H groups in total. The molecule has 1 aromatic rings. The second-order valence-electron chi connectivity index (χ2n) is 6.20. The Kier molecular flexibility index (Phi) is 6.14. The van der Waals surface area contributed by atoms with Crippen molar-refractivity contribution < 1.29 is 19.4 Å². The van der Waals surface area contributed by atoms with E-state index in [1.165, 1.54) is 42.7 Å². The summed E-state index contributed by atoms with van der Waals surface area (Å²) in [6.07, 6.45) is 4.68. The molecule has 4 aliphatic rings. The van der Waals surface area contributed by atoms with Crippen LogP contribution in [0.2, 0.25) is 0 Å². The molecule has 0 aromatic heterocycles. The summed E-state index contributed by atoms with van der Waals surface area (Å²) in [5.74, 6) is 0.806. The van der Waals surface area contributed by atoms with Crippen molar-refractivity contribution >= 4 is 16.8 Å². The summed E-state index contributed by atoms with van der Waals surface area (Å²) in [6, 6.07) is 8.06. The number of fused-ring (bicyclic) bond motifs is 3. The van der Waals surface area contributed by atoms with Crippen molar-refractivity contribution in [3.05, 3.63) is 53.4 Å². The van der Waals surface area contributed by atoms with Crippen LogP contribution < -0.4 is 4.90 Å². The fraction of sp³-hybridized carbons (Fsp3) is 0.364. The Morgan fingerprint density at radius 2 is 1.77 bits per heavy atom. The van der Waals surface area contributed by atoms with Crippen molar-refractivity contribution in [3.63, 3.8) is 0 Å². The first kappa shape index (κ1) is 19.1. The zero-order chi connectivity index (χ0) is 18.7. The van der Waals surface area contributed by atoms with Gasteiger partial charge in [0.15, 0.2) is 0 Å². The van der Waals surface area contributed by atoms with Crippen LogP contribution in [0.4, 0.5) is 5.69 Å². The van der Waals surface area contributed by atoms with Gasteiger partial charge < -0.3 is 13.8 Å². The molecule has 1 aliphatic carbocycles. The normalized spacial score (nSPS) is 14.9. The average molecular weight is 393 g/mol. The summed E-state index contributed by atoms with van der Waals surface area (Å²) in [6.45, 7) is 12.3. The molecule has 3 heterocycles. The van der Waals surface area contributed by atoms with Gasteiger partial charge >= 0.3 is 136 Å². The molecule has 142 valence electrons. The van der Waals surface area contributed by atoms with Gasteiger partial charge in [-0.25, -0.2) is 0 Å². The van der Waals surface area contributed by atoms with Gasteiger partial charge in [-0.1, -0.05) is 0 Å². The summed E-state index contributed by atoms with van der Waals surface area (Å²) in [4.78, 5) is 7.36. The summed E-state index contributed by atoms with van der Waals surface area (Å²) in [7, 11) is 0. The van der Waals surface area contributed by atoms with Crippen LogP contribution in [-0.2, 0) is 27.9 Å². The Morgan fingerprint density at radius 1 is 1.04 bits per heavy atom. The van der Waals surface area contributed by atoms with E-state index in [-0.39, 0.29) is 0 Å². The second kappa shape index (κ2) is 8.35. The molecule has 1 aromatic carbocycles. The third kappa shape index (κ3) is 3.32. The summed E-state index contributed by atoms with van der Waals surface area (Å²) < 4.78 is 7.09. The molecule has 0 atom stereocenters. The van der Waals surface area contributed by atoms with Gasteiger partial charge in [-0.2, -0.15) is 13.8 Å². The van der Waals surface area contributed by atoms with E-state index in [0.29, 0.717) is 0 Å². The van der Waals surface area contributed by atoms with E-state index in [9.17, 15) is 0 Å². The molecule has 0 radical (unpaired) electrons. The molecule has 26 heavy (non-hydrogen) atoms. The van der Waals surface area contributed by atoms with E-state index >= 15 is 0 Å². The first-order valence-corrected chi connectivity index (χ1v) is 9.80. The zero-order valence-electron chi connectivity index (χ0n) is 15.6. The molecular formula is C22H26N2NiO-2. The molecule has 3 aliphatic heterocycles. The molecule has 0 saturated carbocycles. The summed E-state index contributed by atoms with van der Waals surface area (Å²) in [5.41, 5.74) is 7.06. The minimum absolute atomic E-state index is 0.806. The quantitative estimate of drug-likeness (QED) is 0.291. The Balaban J connectivity index is 0.000000461. The van der Waals surface area contributed by atoms with E-state index < -0.39 is 0 Å². The SMILES string of the molecule is [CH2-]C.[CH2-]C.[Ni]=[c]1ccc2nc3cc4c5c(c3oc-2c1)CCCN5CCC4. The number of nitrogens with zero attached hydrogens (tertiary/aromatic N) is 2. The molecule has 5 rings (SSSR count). The van der Waals surface area contributed by atoms with E-state index in [1.54, 1.807) is 13.8 Å². The van der Waals surface area contributed by atoms with Crippen LogP contribution in [0.5, 0.6) is 0 Å². The van der Waals surface area contributed by atoms with Gasteiger partial charge in [-0.3, -0.25) is 0 Å². The van der Waals surface area contributed by atoms with Crippen LogP contribution in [0.15, 0.2) is 28.7 Å². The number of hydrogen-bond acceptors (Lipinski definition) is 3. The number of aromatic nitrogens is 1. The third-order valence-corrected chi connectivity index (χ3v) is 5.12. The van der Waals surface area contributed by atoms with E-state index in [2.05, 4.69) is 24.8 Å². The van der Waals surface area contributed by atoms with Gasteiger partial charge in [-0.05, 0) is 0 Å². The fourth-order valence-corrected chi connectivity index (χ4v) is 4.11. The van der Waals surface area contributed by atoms with Gasteiger partial charge in [0.25, 0.3) is 0 Å². The predicted molar refractivity (Wildman–Crippen MR) is 105 cm³/mol. The van der Waals surface area contributed by atoms with Gasteiger partial charge in [0, 0.05) is 0 Å². The number of anilines is 1. The first-order valence-electron chi connectivity index (χ1n) is 9.31. The van der Waals surface area contributed by atoms with E-state index in [0.717, 1.165) is 39.5 Å². The Bertz CT molecular complexity index is 929. The number of benzene rings is 2. The molecule has 0 fully saturated rings. The second-order valence-corrected chi connectivity index (χ2v) is 6.77. The molecule has 0 unspecified atom stereocenters. The van der Waals surface area contributed by atoms with E-state index in [1.807, 2.05) is 18.2 Å². The number of aryl methyl sites for hydroxylation is 2. The molecular weight excluding hydrogens is 367 g/mol. The zero-order valence-corrected chi connectivity index (χ0v) is 16.6. The van der Waals surface area contributed by atoms with Crippen LogP contribution in [0.3, 0.4) is 0 Å². The Morgan fingerprint density at radius 3 is 2.54 bits per heavy atom. The molecule has 3 nitrogen and oxygen atoms in total. The van der Waals surface area contributed by atoms with Gasteiger partial charge in [0.2, 0.25) is 0 Å². The molecule has 0 bridgehead atoms. The van der Waals surface area contributed by atoms with Crippen molar-refractivity contribution in [2.24, 2.45) is 0 Å². The van der Waals surface area contributed by atoms with Gasteiger partial charge in [0.05, 0.1) is 0 Å². The van der Waals surface area contributed by atoms with Crippen LogP contribution in [0.25, 0.3) is 22.6 Å². The summed E-state index contributed by atoms with van der Waals surface area (Å²) in [5, 5.41) is 0. The molecule has 0 amide bonds. The van der Waals surface area contributed by atoms with Crippen molar-refractivity contribution in [2.75, 3.05) is 18.0 Å². The van der Waals surface area contributed by atoms with Crippen molar-refractivity contribution in [3.8, 4) is 11.5 Å². The van der Waals surface area contributed by atoms with Crippen molar-refractivity contribution in [1.29, 1.82) is 0 Å². The Hall–Kier alpha value is -1.67. The van der Waals surface area contributed by atoms with Crippen molar-refractivity contribution in [2.45, 2.75) is 39.5 Å². The molecule has 0 spiro atoms. The summed E-state index contributed by atoms with van der Waals surface area (Å²) >= 11 is 4.94. The fourth-order valence-electron chi connectivity index (χ4n) is 3.90. The monoisotopic (exact) mass is 392 g/mol. The predicted octanol–water partition coefficient (Wildman–Crippen LogP) is 5.39. The average Bonchev–Trinajstić information content (AvgIpc) is 2.70. The standard InChI is InChI=1S/C18H16N2O.2C2H5.Ni/c1-2-8-16-14(7-1)19-15-11-12-5-3-9-20-10-4-6-13(17(12)20)18(15)21-16;2*1-2;/h1,7-8,11H,3-6,9-10H2;2*1H2,2H3;/q;2*-1;. The van der Waals surface area contributed by atoms with Crippen LogP contribution in [0, 0.1) is 18.0 Å². The van der Waals surface area contributed by atoms with Crippen LogP contribution >= 0.6 is 0 Å². The topological polar surface area (TPSA) is 29.3 Å². The maximum absolute atomic E-state index is 6.25. The van der Waals surface area contributed by atoms with Gasteiger partial charge in [-0.15, -0.1) is 0 Å². The van der Waals surface area contributed by atoms with Crippen LogP contribution in [-0.4, -0.2) is 18.1 Å². The third-order valence-electron chi connectivity index (χ3n) is 4.81. The van der Waals surface area contributed by atoms with Crippen LogP contribution in [0.1, 0.15) is 37.8 Å². The molecule has 4 heteroatoms. The Labute approximate surface area is 163 Å². The number of hydrogen-bond donors (Lipinski definition) is 0. The van der Waals surface area contributed by atoms with Gasteiger partial charge in [0.1, 0.15) is 0 Å². The van der Waals surface area contributed by atoms with Crippen molar-refractivity contribution in [1.82, 2.24) is 4.98 Å². The number of rotatable bonds is 0. The molecule has 0 saturated heterocycles. The maximum atomic E-state index is 6.25.